The van der Waals surface area contributed by atoms with Gasteiger partial charge in [-0.25, -0.2) is 4.79 Å². The highest BCUT2D eigenvalue weighted by molar-refractivity contribution is 7.17. The molecule has 0 saturated heterocycles. The zero-order chi connectivity index (χ0) is 46.8. The summed E-state index contributed by atoms with van der Waals surface area (Å²) < 4.78 is 15.0. The Kier molecular flexibility index (Phi) is 12.9. The van der Waals surface area contributed by atoms with Crippen LogP contribution >= 0.6 is 11.3 Å². The van der Waals surface area contributed by atoms with Gasteiger partial charge in [0.05, 0.1) is 21.5 Å². The molecule has 0 unspecified atom stereocenters. The lowest BCUT2D eigenvalue weighted by Gasteiger charge is -2.36. The second kappa shape index (κ2) is 19.1. The maximum atomic E-state index is 13.8. The highest BCUT2D eigenvalue weighted by Gasteiger charge is 2.54. The van der Waals surface area contributed by atoms with Gasteiger partial charge in [0.2, 0.25) is 11.8 Å². The minimum absolute atomic E-state index is 0.0339. The Morgan fingerprint density at radius 1 is 0.806 bits per heavy atom. The maximum Gasteiger partial charge on any atom is 0.340 e. The van der Waals surface area contributed by atoms with E-state index in [1.165, 1.54) is 30.3 Å². The number of Topliss-reactive ketones (excluding diaryl/α,β-unsaturated/α-hetero) is 1. The van der Waals surface area contributed by atoms with Crippen molar-refractivity contribution < 1.29 is 43.7 Å². The van der Waals surface area contributed by atoms with Crippen LogP contribution in [0.15, 0.2) is 96.4 Å². The van der Waals surface area contributed by atoms with Crippen molar-refractivity contribution in [3.63, 3.8) is 0 Å². The second-order valence-corrected chi connectivity index (χ2v) is 18.8. The Labute approximate surface area is 392 Å². The number of ether oxygens (including phenoxy) is 2. The molecule has 346 valence electrons. The van der Waals surface area contributed by atoms with Crippen LogP contribution in [0.4, 0.5) is 5.69 Å². The predicted octanol–water partition coefficient (Wildman–Crippen LogP) is 9.53. The van der Waals surface area contributed by atoms with Gasteiger partial charge >= 0.3 is 5.97 Å². The largest absolute Gasteiger partial charge is 0.508 e. The summed E-state index contributed by atoms with van der Waals surface area (Å²) in [4.78, 5) is 69.0. The predicted molar refractivity (Wildman–Crippen MR) is 255 cm³/mol. The topological polar surface area (TPSA) is 176 Å². The minimum atomic E-state index is -1.40. The molecular weight excluding hydrogens is 869 g/mol. The molecule has 1 saturated carbocycles. The number of fused-ring (bicyclic) bond motifs is 7. The number of phenols is 2. The van der Waals surface area contributed by atoms with Crippen LogP contribution in [-0.4, -0.2) is 63.9 Å². The summed E-state index contributed by atoms with van der Waals surface area (Å²) in [5, 5.41) is 28.4. The van der Waals surface area contributed by atoms with Crippen LogP contribution in [0.3, 0.4) is 0 Å². The van der Waals surface area contributed by atoms with Gasteiger partial charge in [-0.2, -0.15) is 0 Å². The summed E-state index contributed by atoms with van der Waals surface area (Å²) in [6.07, 6.45) is 6.76. The van der Waals surface area contributed by atoms with Crippen molar-refractivity contribution >= 4 is 56.7 Å². The summed E-state index contributed by atoms with van der Waals surface area (Å²) in [5.41, 5.74) is 4.09. The molecule has 3 amide bonds. The van der Waals surface area contributed by atoms with E-state index in [9.17, 15) is 34.2 Å². The van der Waals surface area contributed by atoms with E-state index in [0.29, 0.717) is 54.0 Å². The molecule has 3 aliphatic rings. The average Bonchev–Trinajstić information content (AvgIpc) is 4.00. The number of ketones is 1. The minimum Gasteiger partial charge on any atom is -0.508 e. The first-order valence-electron chi connectivity index (χ1n) is 23.2. The number of nitrogens with one attached hydrogen (secondary N) is 2. The van der Waals surface area contributed by atoms with Crippen LogP contribution in [0.25, 0.3) is 10.2 Å². The van der Waals surface area contributed by atoms with E-state index in [-0.39, 0.29) is 70.4 Å². The Bertz CT molecular complexity index is 2840. The van der Waals surface area contributed by atoms with Crippen molar-refractivity contribution in [2.75, 3.05) is 24.5 Å². The smallest absolute Gasteiger partial charge is 0.340 e. The summed E-state index contributed by atoms with van der Waals surface area (Å²) in [5.74, 6) is -0.299. The van der Waals surface area contributed by atoms with Crippen LogP contribution in [0.5, 0.6) is 23.0 Å². The third-order valence-corrected chi connectivity index (χ3v) is 14.3. The second-order valence-electron chi connectivity index (χ2n) is 17.9. The van der Waals surface area contributed by atoms with Gasteiger partial charge in [-0.15, -0.1) is 11.3 Å². The van der Waals surface area contributed by atoms with Crippen molar-refractivity contribution in [1.29, 1.82) is 0 Å². The van der Waals surface area contributed by atoms with Gasteiger partial charge in [0.15, 0.2) is 11.4 Å². The highest BCUT2D eigenvalue weighted by atomic mass is 32.1. The molecule has 4 aromatic carbocycles. The van der Waals surface area contributed by atoms with Gasteiger partial charge in [-0.05, 0) is 130 Å². The fraction of sp³-hybridized carbons (Fsp3) is 0.340. The molecule has 67 heavy (non-hydrogen) atoms. The zero-order valence-corrected chi connectivity index (χ0v) is 38.5. The molecular formula is C53H54N4O9S. The molecule has 0 radical (unpaired) electrons. The first-order valence-corrected chi connectivity index (χ1v) is 24.1. The van der Waals surface area contributed by atoms with Crippen LogP contribution < -0.4 is 20.3 Å². The van der Waals surface area contributed by atoms with Crippen molar-refractivity contribution in [1.82, 2.24) is 15.2 Å². The molecule has 14 heteroatoms. The number of likely N-dealkylation sites (N-methyl/N-ethyl adjacent to an activating group) is 1. The number of anilines is 1. The lowest BCUT2D eigenvalue weighted by atomic mass is 9.77. The van der Waals surface area contributed by atoms with E-state index in [2.05, 4.69) is 10.6 Å². The number of rotatable bonds is 16. The van der Waals surface area contributed by atoms with Crippen molar-refractivity contribution in [3.05, 3.63) is 135 Å². The normalized spacial score (nSPS) is 16.7. The number of amides is 3. The number of phenolic OH excluding ortho intramolecular Hbond substituents is 2. The number of thiophene rings is 1. The Hall–Kier alpha value is -6.93. The highest BCUT2D eigenvalue weighted by Crippen LogP contribution is 2.57. The number of carbonyl (C=O) groups is 5. The van der Waals surface area contributed by atoms with Crippen molar-refractivity contribution in [2.24, 2.45) is 11.8 Å². The van der Waals surface area contributed by atoms with Crippen LogP contribution in [0.1, 0.15) is 118 Å². The molecule has 4 N–H and O–H groups in total. The van der Waals surface area contributed by atoms with Gasteiger partial charge in [0.25, 0.3) is 5.91 Å². The summed E-state index contributed by atoms with van der Waals surface area (Å²) >= 11 is 1.56. The number of aryl methyl sites for hydroxylation is 1. The Morgan fingerprint density at radius 3 is 2.18 bits per heavy atom. The third kappa shape index (κ3) is 9.02. The maximum absolute atomic E-state index is 13.8. The summed E-state index contributed by atoms with van der Waals surface area (Å²) in [6, 6.07) is 25.8. The number of unbranched alkanes of at least 4 members (excludes halogenated alkanes) is 3. The quantitative estimate of drug-likeness (QED) is 0.0418. The first-order chi connectivity index (χ1) is 32.4. The molecule has 9 rings (SSSR count). The van der Waals surface area contributed by atoms with Crippen LogP contribution in [0.2, 0.25) is 0 Å². The number of aromatic hydroxyl groups is 2. The number of carbonyl (C=O) groups excluding carboxylic acids is 5. The molecule has 4 heterocycles. The van der Waals surface area contributed by atoms with E-state index in [1.54, 1.807) is 40.5 Å². The van der Waals surface area contributed by atoms with E-state index >= 15 is 0 Å². The van der Waals surface area contributed by atoms with Crippen LogP contribution in [0, 0.1) is 18.8 Å². The van der Waals surface area contributed by atoms with E-state index < -0.39 is 11.6 Å². The molecule has 6 aromatic rings. The van der Waals surface area contributed by atoms with E-state index in [0.717, 1.165) is 72.8 Å². The van der Waals surface area contributed by atoms with Crippen molar-refractivity contribution in [3.8, 4) is 23.0 Å². The van der Waals surface area contributed by atoms with Crippen molar-refractivity contribution in [2.45, 2.75) is 83.8 Å². The number of benzene rings is 4. The molecule has 2 aromatic heterocycles. The Morgan fingerprint density at radius 2 is 1.49 bits per heavy atom. The molecule has 2 aliphatic heterocycles. The molecule has 1 aliphatic carbocycles. The zero-order valence-electron chi connectivity index (χ0n) is 37.6. The molecule has 13 nitrogen and oxygen atoms in total. The molecule has 1 fully saturated rings. The fourth-order valence-corrected chi connectivity index (χ4v) is 10.8. The van der Waals surface area contributed by atoms with E-state index in [1.807, 2.05) is 60.2 Å². The van der Waals surface area contributed by atoms with Gasteiger partial charge in [-0.1, -0.05) is 31.0 Å². The number of hydrogen-bond donors (Lipinski definition) is 4. The molecule has 1 spiro atoms. The lowest BCUT2D eigenvalue weighted by molar-refractivity contribution is -0.126. The standard InChI is InChI=1S/C53H54N4O9S/c1-3-56(36-10-8-9-32(2)25-36)49(61)31-57-43-21-24-67-48(43)30-44(57)45(60)26-33-11-13-34(14-12-33)50(62)54-22-6-4-5-7-23-55-51(63)35-15-18-40-39(27-35)52(64)66-53(40)41-19-16-37(58)28-46(41)65-47-29-38(59)17-20-42(47)53/h8-10,15-21,24-25,27-30,33-34,58-59H,3-7,11-14,22-23,26,31H2,1-2H3,(H,54,62)(H,55,63). The van der Waals surface area contributed by atoms with E-state index in [4.69, 9.17) is 9.47 Å². The summed E-state index contributed by atoms with van der Waals surface area (Å²) in [7, 11) is 0. The van der Waals surface area contributed by atoms with Gasteiger partial charge in [-0.3, -0.25) is 19.2 Å². The number of nitrogens with zero attached hydrogens (tertiary/aromatic N) is 2. The van der Waals surface area contributed by atoms with Gasteiger partial charge < -0.3 is 39.8 Å². The SMILES string of the molecule is CCN(C(=O)Cn1c(C(=O)CC2CCC(C(=O)NCCCCCCNC(=O)c3ccc4c(c3)C(=O)OC43c4ccc(O)cc4Oc4cc(O)ccc43)CC2)cc2sccc21)c1cccc(C)c1. The number of hydrogen-bond acceptors (Lipinski definition) is 10. The van der Waals surface area contributed by atoms with Gasteiger partial charge in [0.1, 0.15) is 29.5 Å². The Balaban J connectivity index is 0.700. The lowest BCUT2D eigenvalue weighted by Crippen LogP contribution is -2.35. The molecule has 0 atom stereocenters. The monoisotopic (exact) mass is 922 g/mol. The average molecular weight is 923 g/mol. The molecule has 0 bridgehead atoms. The number of esters is 1. The first kappa shape index (κ1) is 45.2. The summed E-state index contributed by atoms with van der Waals surface area (Å²) in [6.45, 7) is 5.59. The van der Waals surface area contributed by atoms with Gasteiger partial charge in [0, 0.05) is 72.0 Å². The fourth-order valence-electron chi connectivity index (χ4n) is 10.0. The van der Waals surface area contributed by atoms with Crippen LogP contribution in [-0.2, 0) is 26.5 Å². The number of aromatic nitrogens is 1. The third-order valence-electron chi connectivity index (χ3n) is 13.4.